The molecule has 0 fully saturated rings. The average Bonchev–Trinajstić information content (AvgIpc) is 3.24. The van der Waals surface area contributed by atoms with Crippen LogP contribution in [0.2, 0.25) is 0 Å². The molecule has 1 atom stereocenters. The molecule has 0 aliphatic carbocycles. The summed E-state index contributed by atoms with van der Waals surface area (Å²) in [5.41, 5.74) is 3.78. The van der Waals surface area contributed by atoms with Crippen LogP contribution in [0.5, 0.6) is 5.75 Å². The predicted molar refractivity (Wildman–Crippen MR) is 126 cm³/mol. The van der Waals surface area contributed by atoms with E-state index in [4.69, 9.17) is 9.72 Å². The lowest BCUT2D eigenvalue weighted by Gasteiger charge is -2.23. The van der Waals surface area contributed by atoms with E-state index in [1.807, 2.05) is 48.9 Å². The van der Waals surface area contributed by atoms with Crippen LogP contribution in [0.3, 0.4) is 0 Å². The summed E-state index contributed by atoms with van der Waals surface area (Å²) in [5.74, 6) is 0.0469. The van der Waals surface area contributed by atoms with Gasteiger partial charge < -0.3 is 15.4 Å². The molecule has 3 heterocycles. The summed E-state index contributed by atoms with van der Waals surface area (Å²) in [6.45, 7) is 5.73. The highest BCUT2D eigenvalue weighted by Gasteiger charge is 2.24. The fourth-order valence-electron chi connectivity index (χ4n) is 3.83. The lowest BCUT2D eigenvalue weighted by atomic mass is 10.1. The van der Waals surface area contributed by atoms with Gasteiger partial charge in [0.2, 0.25) is 0 Å². The third kappa shape index (κ3) is 3.80. The van der Waals surface area contributed by atoms with Crippen molar-refractivity contribution in [1.29, 1.82) is 0 Å². The summed E-state index contributed by atoms with van der Waals surface area (Å²) in [4.78, 5) is 30.1. The lowest BCUT2D eigenvalue weighted by Crippen LogP contribution is -2.34. The lowest BCUT2D eigenvalue weighted by molar-refractivity contribution is -0.122. The van der Waals surface area contributed by atoms with Gasteiger partial charge in [0, 0.05) is 17.3 Å². The van der Waals surface area contributed by atoms with E-state index in [1.54, 1.807) is 37.4 Å². The number of amides is 2. The largest absolute Gasteiger partial charge is 0.479 e. The highest BCUT2D eigenvalue weighted by atomic mass is 16.5. The number of fused-ring (bicyclic) bond motifs is 2. The molecule has 1 aliphatic rings. The Morgan fingerprint density at radius 3 is 2.70 bits per heavy atom. The first-order valence-corrected chi connectivity index (χ1v) is 10.8. The number of nitrogens with one attached hydrogen (secondary N) is 2. The first kappa shape index (κ1) is 20.7. The van der Waals surface area contributed by atoms with Crippen LogP contribution in [0.1, 0.15) is 37.2 Å². The standard InChI is InChI=1S/C25H23N5O3/c1-14(2)30-23-19(13-26-30)18(12-20(28-23)16-7-5-4-6-8-16)25(32)27-17-9-10-22-21(11-17)29-24(31)15(3)33-22/h4-15H,1-3H3,(H,27,32)(H,29,31)/t15-/m0/s1. The van der Waals surface area contributed by atoms with Crippen LogP contribution in [-0.2, 0) is 4.79 Å². The van der Waals surface area contributed by atoms with Gasteiger partial charge in [0.25, 0.3) is 11.8 Å². The van der Waals surface area contributed by atoms with Crippen molar-refractivity contribution in [3.05, 3.63) is 66.4 Å². The number of hydrogen-bond acceptors (Lipinski definition) is 5. The van der Waals surface area contributed by atoms with Crippen molar-refractivity contribution in [2.75, 3.05) is 10.6 Å². The second kappa shape index (κ2) is 8.05. The summed E-state index contributed by atoms with van der Waals surface area (Å²) >= 11 is 0. The van der Waals surface area contributed by atoms with Crippen LogP contribution in [0, 0.1) is 0 Å². The number of nitrogens with zero attached hydrogens (tertiary/aromatic N) is 3. The maximum atomic E-state index is 13.4. The Morgan fingerprint density at radius 2 is 1.94 bits per heavy atom. The van der Waals surface area contributed by atoms with Gasteiger partial charge >= 0.3 is 0 Å². The molecule has 0 spiro atoms. The van der Waals surface area contributed by atoms with E-state index in [-0.39, 0.29) is 17.9 Å². The van der Waals surface area contributed by atoms with Crippen LogP contribution in [0.15, 0.2) is 60.8 Å². The highest BCUT2D eigenvalue weighted by Crippen LogP contribution is 2.33. The molecule has 2 amide bonds. The molecule has 33 heavy (non-hydrogen) atoms. The van der Waals surface area contributed by atoms with Crippen molar-refractivity contribution < 1.29 is 14.3 Å². The molecule has 4 aromatic rings. The summed E-state index contributed by atoms with van der Waals surface area (Å²) in [5, 5.41) is 10.9. The van der Waals surface area contributed by atoms with Crippen molar-refractivity contribution in [2.24, 2.45) is 0 Å². The second-order valence-corrected chi connectivity index (χ2v) is 8.26. The van der Waals surface area contributed by atoms with Gasteiger partial charge in [0.1, 0.15) is 5.75 Å². The molecule has 2 aromatic heterocycles. The number of hydrogen-bond donors (Lipinski definition) is 2. The molecular weight excluding hydrogens is 418 g/mol. The van der Waals surface area contributed by atoms with Gasteiger partial charge in [0.15, 0.2) is 11.8 Å². The molecule has 0 saturated carbocycles. The monoisotopic (exact) mass is 441 g/mol. The molecule has 0 saturated heterocycles. The third-order valence-electron chi connectivity index (χ3n) is 5.54. The van der Waals surface area contributed by atoms with Crippen LogP contribution in [0.4, 0.5) is 11.4 Å². The summed E-state index contributed by atoms with van der Waals surface area (Å²) in [6, 6.07) is 16.8. The zero-order chi connectivity index (χ0) is 23.1. The predicted octanol–water partition coefficient (Wildman–Crippen LogP) is 4.65. The van der Waals surface area contributed by atoms with E-state index in [0.29, 0.717) is 39.4 Å². The zero-order valence-electron chi connectivity index (χ0n) is 18.5. The van der Waals surface area contributed by atoms with Gasteiger partial charge in [-0.2, -0.15) is 5.10 Å². The van der Waals surface area contributed by atoms with E-state index in [1.165, 1.54) is 0 Å². The van der Waals surface area contributed by atoms with Crippen molar-refractivity contribution >= 4 is 34.2 Å². The molecule has 0 radical (unpaired) electrons. The number of aromatic nitrogens is 3. The van der Waals surface area contributed by atoms with Crippen LogP contribution < -0.4 is 15.4 Å². The molecule has 166 valence electrons. The van der Waals surface area contributed by atoms with Crippen LogP contribution in [0.25, 0.3) is 22.3 Å². The van der Waals surface area contributed by atoms with Crippen molar-refractivity contribution in [1.82, 2.24) is 14.8 Å². The first-order valence-electron chi connectivity index (χ1n) is 10.8. The fourth-order valence-corrected chi connectivity index (χ4v) is 3.83. The van der Waals surface area contributed by atoms with Gasteiger partial charge in [0.05, 0.1) is 28.5 Å². The molecule has 2 aromatic carbocycles. The Kier molecular flexibility index (Phi) is 5.05. The number of rotatable bonds is 4. The molecule has 0 bridgehead atoms. The molecule has 1 aliphatic heterocycles. The van der Waals surface area contributed by atoms with Gasteiger partial charge in [-0.15, -0.1) is 0 Å². The maximum Gasteiger partial charge on any atom is 0.265 e. The van der Waals surface area contributed by atoms with Gasteiger partial charge in [-0.05, 0) is 45.0 Å². The quantitative estimate of drug-likeness (QED) is 0.480. The number of carbonyl (C=O) groups is 2. The average molecular weight is 441 g/mol. The van der Waals surface area contributed by atoms with E-state index < -0.39 is 6.10 Å². The molecule has 0 unspecified atom stereocenters. The van der Waals surface area contributed by atoms with Crippen molar-refractivity contribution in [3.63, 3.8) is 0 Å². The smallest absolute Gasteiger partial charge is 0.265 e. The van der Waals surface area contributed by atoms with E-state index in [0.717, 1.165) is 5.56 Å². The Labute approximate surface area is 190 Å². The molecule has 8 heteroatoms. The van der Waals surface area contributed by atoms with Gasteiger partial charge in [-0.1, -0.05) is 30.3 Å². The van der Waals surface area contributed by atoms with Gasteiger partial charge in [-0.3, -0.25) is 9.59 Å². The normalized spacial score (nSPS) is 15.2. The highest BCUT2D eigenvalue weighted by molar-refractivity contribution is 6.13. The number of carbonyl (C=O) groups excluding carboxylic acids is 2. The molecule has 8 nitrogen and oxygen atoms in total. The first-order chi connectivity index (χ1) is 15.9. The Morgan fingerprint density at radius 1 is 1.15 bits per heavy atom. The number of ether oxygens (including phenoxy) is 1. The minimum atomic E-state index is -0.558. The Balaban J connectivity index is 1.54. The van der Waals surface area contributed by atoms with Gasteiger partial charge in [-0.25, -0.2) is 9.67 Å². The third-order valence-corrected chi connectivity index (χ3v) is 5.54. The fraction of sp³-hybridized carbons (Fsp3) is 0.200. The number of benzene rings is 2. The topological polar surface area (TPSA) is 98.1 Å². The maximum absolute atomic E-state index is 13.4. The Bertz CT molecular complexity index is 1380. The second-order valence-electron chi connectivity index (χ2n) is 8.26. The number of anilines is 2. The molecule has 5 rings (SSSR count). The van der Waals surface area contributed by atoms with E-state index in [9.17, 15) is 9.59 Å². The summed E-state index contributed by atoms with van der Waals surface area (Å²) in [7, 11) is 0. The SMILES string of the molecule is CC(C)n1ncc2c(C(=O)Nc3ccc4c(c3)NC(=O)[C@H](C)O4)cc(-c3ccccc3)nc21. The van der Waals surface area contributed by atoms with E-state index in [2.05, 4.69) is 15.7 Å². The Hall–Kier alpha value is -4.20. The molecule has 2 N–H and O–H groups in total. The number of pyridine rings is 1. The van der Waals surface area contributed by atoms with Crippen LogP contribution >= 0.6 is 0 Å². The summed E-state index contributed by atoms with van der Waals surface area (Å²) < 4.78 is 7.40. The molecular formula is C25H23N5O3. The minimum absolute atomic E-state index is 0.0867. The zero-order valence-corrected chi connectivity index (χ0v) is 18.5. The van der Waals surface area contributed by atoms with Crippen molar-refractivity contribution in [3.8, 4) is 17.0 Å². The minimum Gasteiger partial charge on any atom is -0.479 e. The van der Waals surface area contributed by atoms with Crippen LogP contribution in [-0.4, -0.2) is 32.7 Å². The summed E-state index contributed by atoms with van der Waals surface area (Å²) in [6.07, 6.45) is 1.12. The van der Waals surface area contributed by atoms with Crippen molar-refractivity contribution in [2.45, 2.75) is 32.9 Å². The van der Waals surface area contributed by atoms with E-state index >= 15 is 0 Å².